The van der Waals surface area contributed by atoms with Crippen LogP contribution in [0, 0.1) is 29.4 Å². The predicted octanol–water partition coefficient (Wildman–Crippen LogP) is 7.70. The Morgan fingerprint density at radius 2 is 1.77 bits per heavy atom. The molecule has 0 saturated heterocycles. The van der Waals surface area contributed by atoms with Crippen LogP contribution in [0.5, 0.6) is 0 Å². The van der Waals surface area contributed by atoms with E-state index in [1.54, 1.807) is 6.07 Å². The molecule has 2 aliphatic rings. The number of rotatable bonds is 7. The van der Waals surface area contributed by atoms with Gasteiger partial charge in [0.1, 0.15) is 0 Å². The second-order valence-electron chi connectivity index (χ2n) is 8.18. The van der Waals surface area contributed by atoms with Gasteiger partial charge >= 0.3 is 0 Å². The minimum atomic E-state index is -0.779. The Labute approximate surface area is 157 Å². The highest BCUT2D eigenvalue weighted by molar-refractivity contribution is 5.74. The lowest BCUT2D eigenvalue weighted by Gasteiger charge is -2.33. The third-order valence-corrected chi connectivity index (χ3v) is 6.35. The van der Waals surface area contributed by atoms with Crippen LogP contribution in [0.1, 0.15) is 76.7 Å². The van der Waals surface area contributed by atoms with Crippen LogP contribution >= 0.6 is 0 Å². The van der Waals surface area contributed by atoms with Crippen molar-refractivity contribution in [3.05, 3.63) is 53.6 Å². The van der Waals surface area contributed by atoms with Crippen molar-refractivity contribution in [2.75, 3.05) is 0 Å². The van der Waals surface area contributed by atoms with Gasteiger partial charge in [-0.25, -0.2) is 8.78 Å². The van der Waals surface area contributed by atoms with Crippen LogP contribution in [0.15, 0.2) is 36.4 Å². The summed E-state index contributed by atoms with van der Waals surface area (Å²) in [4.78, 5) is 0. The molecule has 2 aliphatic carbocycles. The first-order valence-electron chi connectivity index (χ1n) is 10.5. The molecule has 3 rings (SSSR count). The van der Waals surface area contributed by atoms with E-state index in [1.165, 1.54) is 69.9 Å². The Morgan fingerprint density at radius 1 is 0.962 bits per heavy atom. The highest BCUT2D eigenvalue weighted by atomic mass is 19.2. The maximum absolute atomic E-state index is 13.4. The fourth-order valence-electron chi connectivity index (χ4n) is 4.64. The molecule has 0 radical (unpaired) electrons. The van der Waals surface area contributed by atoms with Crippen LogP contribution < -0.4 is 0 Å². The Bertz CT molecular complexity index is 636. The molecule has 142 valence electrons. The average Bonchev–Trinajstić information content (AvgIpc) is 2.68. The first-order valence-corrected chi connectivity index (χ1v) is 10.5. The zero-order chi connectivity index (χ0) is 18.4. The summed E-state index contributed by atoms with van der Waals surface area (Å²) in [5.41, 5.74) is 1.79. The lowest BCUT2D eigenvalue weighted by Crippen LogP contribution is -2.21. The van der Waals surface area contributed by atoms with Crippen molar-refractivity contribution < 1.29 is 8.78 Å². The highest BCUT2D eigenvalue weighted by Gasteiger charge is 2.26. The number of hydrogen-bond acceptors (Lipinski definition) is 0. The molecule has 1 unspecified atom stereocenters. The number of allylic oxidation sites excluding steroid dienone is 4. The van der Waals surface area contributed by atoms with E-state index in [0.29, 0.717) is 5.92 Å². The predicted molar refractivity (Wildman–Crippen MR) is 106 cm³/mol. The Kier molecular flexibility index (Phi) is 7.05. The minimum Gasteiger partial charge on any atom is -0.204 e. The lowest BCUT2D eigenvalue weighted by molar-refractivity contribution is 0.218. The maximum Gasteiger partial charge on any atom is 0.159 e. The van der Waals surface area contributed by atoms with Crippen molar-refractivity contribution in [3.63, 3.8) is 0 Å². The molecule has 1 atom stereocenters. The van der Waals surface area contributed by atoms with E-state index in [4.69, 9.17) is 0 Å². The highest BCUT2D eigenvalue weighted by Crippen LogP contribution is 2.39. The molecule has 0 heterocycles. The first kappa shape index (κ1) is 19.3. The Hall–Kier alpha value is -1.44. The molecule has 0 amide bonds. The molecular formula is C24H32F2. The van der Waals surface area contributed by atoms with E-state index in [1.807, 2.05) is 0 Å². The number of halogens is 2. The van der Waals surface area contributed by atoms with Gasteiger partial charge in [0.15, 0.2) is 11.6 Å². The normalized spacial score (nSPS) is 26.0. The quantitative estimate of drug-likeness (QED) is 0.438. The van der Waals surface area contributed by atoms with Gasteiger partial charge in [-0.05, 0) is 60.3 Å². The zero-order valence-electron chi connectivity index (χ0n) is 16.0. The summed E-state index contributed by atoms with van der Waals surface area (Å²) >= 11 is 0. The van der Waals surface area contributed by atoms with Crippen LogP contribution in [0.25, 0.3) is 5.57 Å². The summed E-state index contributed by atoms with van der Waals surface area (Å²) in [6.07, 6.45) is 20.1. The van der Waals surface area contributed by atoms with Gasteiger partial charge in [-0.1, -0.05) is 76.2 Å². The van der Waals surface area contributed by atoms with Crippen LogP contribution in [0.3, 0.4) is 0 Å². The molecule has 1 aromatic carbocycles. The van der Waals surface area contributed by atoms with Gasteiger partial charge in [0, 0.05) is 0 Å². The van der Waals surface area contributed by atoms with E-state index >= 15 is 0 Å². The van der Waals surface area contributed by atoms with Gasteiger partial charge < -0.3 is 0 Å². The topological polar surface area (TPSA) is 0 Å². The first-order chi connectivity index (χ1) is 12.7. The van der Waals surface area contributed by atoms with Gasteiger partial charge in [-0.15, -0.1) is 0 Å². The van der Waals surface area contributed by atoms with E-state index in [-0.39, 0.29) is 0 Å². The van der Waals surface area contributed by atoms with Crippen molar-refractivity contribution in [1.82, 2.24) is 0 Å². The van der Waals surface area contributed by atoms with E-state index in [0.717, 1.165) is 29.4 Å². The number of benzene rings is 1. The molecule has 0 aromatic heterocycles. The zero-order valence-corrected chi connectivity index (χ0v) is 16.0. The summed E-state index contributed by atoms with van der Waals surface area (Å²) in [6, 6.07) is 4.18. The maximum atomic E-state index is 13.4. The SMILES string of the molecule is CCCCCCC1CCC(C2C=CC(c3ccc(F)c(F)c3)=CC2)CC1. The van der Waals surface area contributed by atoms with Crippen molar-refractivity contribution in [2.24, 2.45) is 17.8 Å². The van der Waals surface area contributed by atoms with Crippen molar-refractivity contribution in [3.8, 4) is 0 Å². The van der Waals surface area contributed by atoms with Crippen LogP contribution in [-0.2, 0) is 0 Å². The van der Waals surface area contributed by atoms with Gasteiger partial charge in [-0.2, -0.15) is 0 Å². The van der Waals surface area contributed by atoms with Crippen molar-refractivity contribution >= 4 is 5.57 Å². The van der Waals surface area contributed by atoms with E-state index in [2.05, 4.69) is 25.2 Å². The molecule has 1 saturated carbocycles. The van der Waals surface area contributed by atoms with Crippen molar-refractivity contribution in [2.45, 2.75) is 71.1 Å². The van der Waals surface area contributed by atoms with Crippen LogP contribution in [-0.4, -0.2) is 0 Å². The van der Waals surface area contributed by atoms with Gasteiger partial charge in [-0.3, -0.25) is 0 Å². The van der Waals surface area contributed by atoms with Gasteiger partial charge in [0.05, 0.1) is 0 Å². The van der Waals surface area contributed by atoms with Gasteiger partial charge in [0.2, 0.25) is 0 Å². The smallest absolute Gasteiger partial charge is 0.159 e. The fourth-order valence-corrected chi connectivity index (χ4v) is 4.64. The second-order valence-corrected chi connectivity index (χ2v) is 8.18. The molecule has 0 aliphatic heterocycles. The van der Waals surface area contributed by atoms with Crippen LogP contribution in [0.2, 0.25) is 0 Å². The van der Waals surface area contributed by atoms with E-state index in [9.17, 15) is 8.78 Å². The minimum absolute atomic E-state index is 0.616. The second kappa shape index (κ2) is 9.48. The van der Waals surface area contributed by atoms with Crippen LogP contribution in [0.4, 0.5) is 8.78 Å². The molecule has 0 N–H and O–H groups in total. The molecule has 26 heavy (non-hydrogen) atoms. The number of hydrogen-bond donors (Lipinski definition) is 0. The molecule has 0 nitrogen and oxygen atoms in total. The largest absolute Gasteiger partial charge is 0.204 e. The van der Waals surface area contributed by atoms with E-state index < -0.39 is 11.6 Å². The molecule has 1 aromatic rings. The van der Waals surface area contributed by atoms with Gasteiger partial charge in [0.25, 0.3) is 0 Å². The lowest BCUT2D eigenvalue weighted by atomic mass is 9.72. The Morgan fingerprint density at radius 3 is 2.42 bits per heavy atom. The summed E-state index contributed by atoms with van der Waals surface area (Å²) < 4.78 is 26.5. The fraction of sp³-hybridized carbons (Fsp3) is 0.583. The molecule has 0 bridgehead atoms. The summed E-state index contributed by atoms with van der Waals surface area (Å²) in [6.45, 7) is 2.27. The Balaban J connectivity index is 1.46. The molecular weight excluding hydrogens is 326 g/mol. The number of unbranched alkanes of at least 4 members (excludes halogenated alkanes) is 3. The third-order valence-electron chi connectivity index (χ3n) is 6.35. The molecule has 2 heteroatoms. The third kappa shape index (κ3) is 5.05. The molecule has 1 fully saturated rings. The summed E-state index contributed by atoms with van der Waals surface area (Å²) in [5.74, 6) is 0.810. The summed E-state index contributed by atoms with van der Waals surface area (Å²) in [7, 11) is 0. The average molecular weight is 359 g/mol. The standard InChI is InChI=1S/C24H32F2/c1-2-3-4-5-6-18-7-9-19(10-8-18)20-11-13-21(14-12-20)22-15-16-23(25)24(26)17-22/h11,13-20H,2-10,12H2,1H3. The monoisotopic (exact) mass is 358 g/mol. The molecule has 0 spiro atoms. The van der Waals surface area contributed by atoms with Crippen molar-refractivity contribution in [1.29, 1.82) is 0 Å². The summed E-state index contributed by atoms with van der Waals surface area (Å²) in [5, 5.41) is 0.